The summed E-state index contributed by atoms with van der Waals surface area (Å²) in [5, 5.41) is 14.5. The maximum Gasteiger partial charge on any atom is 0.330 e. The van der Waals surface area contributed by atoms with Crippen LogP contribution in [0.25, 0.3) is 0 Å². The molecular formula is C13H16N2O3S. The zero-order valence-electron chi connectivity index (χ0n) is 10.3. The SMILES string of the molecule is O=C(NC1CCSC1)N[C@H](C(=O)O)c1ccccc1. The van der Waals surface area contributed by atoms with Gasteiger partial charge in [0.25, 0.3) is 0 Å². The van der Waals surface area contributed by atoms with Gasteiger partial charge < -0.3 is 15.7 Å². The quantitative estimate of drug-likeness (QED) is 0.783. The van der Waals surface area contributed by atoms with Crippen LogP contribution in [0.2, 0.25) is 0 Å². The molecule has 0 aliphatic carbocycles. The Balaban J connectivity index is 1.97. The number of carboxylic acid groups (broad SMARTS) is 1. The first-order valence-corrected chi connectivity index (χ1v) is 7.25. The number of nitrogens with one attached hydrogen (secondary N) is 2. The van der Waals surface area contributed by atoms with Crippen molar-refractivity contribution in [1.82, 2.24) is 10.6 Å². The number of carbonyl (C=O) groups excluding carboxylic acids is 1. The monoisotopic (exact) mass is 280 g/mol. The maximum atomic E-state index is 11.8. The van der Waals surface area contributed by atoms with Crippen LogP contribution in [-0.4, -0.2) is 34.7 Å². The van der Waals surface area contributed by atoms with Gasteiger partial charge in [0, 0.05) is 11.8 Å². The van der Waals surface area contributed by atoms with Crippen LogP contribution in [0.4, 0.5) is 4.79 Å². The Kier molecular flexibility index (Phi) is 4.68. The normalized spacial score (nSPS) is 19.7. The third-order valence-electron chi connectivity index (χ3n) is 2.92. The van der Waals surface area contributed by atoms with Crippen molar-refractivity contribution >= 4 is 23.8 Å². The van der Waals surface area contributed by atoms with E-state index in [1.807, 2.05) is 0 Å². The number of thioether (sulfide) groups is 1. The molecule has 19 heavy (non-hydrogen) atoms. The highest BCUT2D eigenvalue weighted by atomic mass is 32.2. The Hall–Kier alpha value is -1.69. The van der Waals surface area contributed by atoms with Crippen LogP contribution in [0.15, 0.2) is 30.3 Å². The summed E-state index contributed by atoms with van der Waals surface area (Å²) in [5.74, 6) is 0.852. The van der Waals surface area contributed by atoms with Crippen LogP contribution >= 0.6 is 11.8 Å². The standard InChI is InChI=1S/C13H16N2O3S/c16-12(17)11(9-4-2-1-3-5-9)15-13(18)14-10-6-7-19-8-10/h1-5,10-11H,6-8H2,(H,16,17)(H2,14,15,18)/t10?,11-/m0/s1. The lowest BCUT2D eigenvalue weighted by molar-refractivity contribution is -0.139. The van der Waals surface area contributed by atoms with Gasteiger partial charge in [-0.1, -0.05) is 30.3 Å². The van der Waals surface area contributed by atoms with E-state index in [2.05, 4.69) is 10.6 Å². The average Bonchev–Trinajstić information content (AvgIpc) is 2.89. The molecular weight excluding hydrogens is 264 g/mol. The van der Waals surface area contributed by atoms with Crippen LogP contribution in [0.1, 0.15) is 18.0 Å². The molecule has 2 atom stereocenters. The largest absolute Gasteiger partial charge is 0.479 e. The van der Waals surface area contributed by atoms with Gasteiger partial charge in [-0.15, -0.1) is 0 Å². The first kappa shape index (κ1) is 13.7. The van der Waals surface area contributed by atoms with Gasteiger partial charge in [-0.05, 0) is 17.7 Å². The molecule has 5 nitrogen and oxygen atoms in total. The van der Waals surface area contributed by atoms with Crippen LogP contribution in [0, 0.1) is 0 Å². The smallest absolute Gasteiger partial charge is 0.330 e. The molecule has 6 heteroatoms. The highest BCUT2D eigenvalue weighted by Gasteiger charge is 2.24. The zero-order chi connectivity index (χ0) is 13.7. The first-order valence-electron chi connectivity index (χ1n) is 6.09. The predicted octanol–water partition coefficient (Wildman–Crippen LogP) is 1.62. The van der Waals surface area contributed by atoms with Gasteiger partial charge in [0.2, 0.25) is 0 Å². The van der Waals surface area contributed by atoms with Crippen molar-refractivity contribution in [2.24, 2.45) is 0 Å². The van der Waals surface area contributed by atoms with Crippen molar-refractivity contribution in [2.75, 3.05) is 11.5 Å². The van der Waals surface area contributed by atoms with E-state index in [0.29, 0.717) is 5.56 Å². The minimum absolute atomic E-state index is 0.134. The molecule has 1 aliphatic heterocycles. The molecule has 102 valence electrons. The number of hydrogen-bond donors (Lipinski definition) is 3. The van der Waals surface area contributed by atoms with E-state index in [0.717, 1.165) is 17.9 Å². The molecule has 0 saturated carbocycles. The molecule has 3 N–H and O–H groups in total. The van der Waals surface area contributed by atoms with E-state index in [1.165, 1.54) is 0 Å². The van der Waals surface area contributed by atoms with E-state index in [-0.39, 0.29) is 6.04 Å². The Bertz CT molecular complexity index is 446. The number of rotatable bonds is 4. The molecule has 1 heterocycles. The highest BCUT2D eigenvalue weighted by Crippen LogP contribution is 2.17. The highest BCUT2D eigenvalue weighted by molar-refractivity contribution is 7.99. The third-order valence-corrected chi connectivity index (χ3v) is 4.08. The molecule has 1 aliphatic rings. The van der Waals surface area contributed by atoms with Gasteiger partial charge in [-0.2, -0.15) is 11.8 Å². The lowest BCUT2D eigenvalue weighted by Crippen LogP contribution is -2.45. The van der Waals surface area contributed by atoms with Crippen LogP contribution in [-0.2, 0) is 4.79 Å². The minimum Gasteiger partial charge on any atom is -0.479 e. The number of carboxylic acids is 1. The van der Waals surface area contributed by atoms with Gasteiger partial charge >= 0.3 is 12.0 Å². The van der Waals surface area contributed by atoms with Gasteiger partial charge in [0.1, 0.15) is 0 Å². The van der Waals surface area contributed by atoms with E-state index >= 15 is 0 Å². The van der Waals surface area contributed by atoms with Gasteiger partial charge in [-0.3, -0.25) is 0 Å². The summed E-state index contributed by atoms with van der Waals surface area (Å²) in [6.45, 7) is 0. The molecule has 0 aromatic heterocycles. The molecule has 1 aromatic carbocycles. The van der Waals surface area contributed by atoms with Crippen molar-refractivity contribution in [1.29, 1.82) is 0 Å². The number of carbonyl (C=O) groups is 2. The predicted molar refractivity (Wildman–Crippen MR) is 74.2 cm³/mol. The van der Waals surface area contributed by atoms with E-state index < -0.39 is 18.0 Å². The van der Waals surface area contributed by atoms with Crippen molar-refractivity contribution < 1.29 is 14.7 Å². The van der Waals surface area contributed by atoms with E-state index in [4.69, 9.17) is 0 Å². The summed E-state index contributed by atoms with van der Waals surface area (Å²) in [6, 6.07) is 7.36. The fraction of sp³-hybridized carbons (Fsp3) is 0.385. The summed E-state index contributed by atoms with van der Waals surface area (Å²) in [4.78, 5) is 23.0. The van der Waals surface area contributed by atoms with Crippen molar-refractivity contribution in [3.8, 4) is 0 Å². The third kappa shape index (κ3) is 3.89. The van der Waals surface area contributed by atoms with Crippen LogP contribution in [0.3, 0.4) is 0 Å². The lowest BCUT2D eigenvalue weighted by atomic mass is 10.1. The number of benzene rings is 1. The Morgan fingerprint density at radius 3 is 2.63 bits per heavy atom. The van der Waals surface area contributed by atoms with Crippen molar-refractivity contribution in [2.45, 2.75) is 18.5 Å². The fourth-order valence-corrected chi connectivity index (χ4v) is 3.09. The van der Waals surface area contributed by atoms with E-state index in [9.17, 15) is 14.7 Å². The van der Waals surface area contributed by atoms with Crippen LogP contribution < -0.4 is 10.6 Å². The summed E-state index contributed by atoms with van der Waals surface area (Å²) in [7, 11) is 0. The summed E-state index contributed by atoms with van der Waals surface area (Å²) >= 11 is 1.79. The molecule has 1 fully saturated rings. The maximum absolute atomic E-state index is 11.8. The number of amides is 2. The topological polar surface area (TPSA) is 78.4 Å². The van der Waals surface area contributed by atoms with Gasteiger partial charge in [0.15, 0.2) is 6.04 Å². The fourth-order valence-electron chi connectivity index (χ4n) is 1.94. The second-order valence-corrected chi connectivity index (χ2v) is 5.51. The second-order valence-electron chi connectivity index (χ2n) is 4.36. The number of hydrogen-bond acceptors (Lipinski definition) is 3. The Morgan fingerprint density at radius 1 is 1.32 bits per heavy atom. The lowest BCUT2D eigenvalue weighted by Gasteiger charge is -2.17. The van der Waals surface area contributed by atoms with Crippen molar-refractivity contribution in [3.05, 3.63) is 35.9 Å². The minimum atomic E-state index is -1.07. The molecule has 2 amide bonds. The molecule has 0 radical (unpaired) electrons. The zero-order valence-corrected chi connectivity index (χ0v) is 11.2. The Labute approximate surface area is 115 Å². The average molecular weight is 280 g/mol. The molecule has 1 unspecified atom stereocenters. The number of urea groups is 1. The molecule has 1 saturated heterocycles. The first-order chi connectivity index (χ1) is 9.16. The molecule has 0 spiro atoms. The second kappa shape index (κ2) is 6.47. The van der Waals surface area contributed by atoms with Gasteiger partial charge in [0.05, 0.1) is 0 Å². The van der Waals surface area contributed by atoms with E-state index in [1.54, 1.807) is 42.1 Å². The van der Waals surface area contributed by atoms with Crippen LogP contribution in [0.5, 0.6) is 0 Å². The molecule has 0 bridgehead atoms. The van der Waals surface area contributed by atoms with Crippen molar-refractivity contribution in [3.63, 3.8) is 0 Å². The number of aliphatic carboxylic acids is 1. The molecule has 2 rings (SSSR count). The summed E-state index contributed by atoms with van der Waals surface area (Å²) < 4.78 is 0. The van der Waals surface area contributed by atoms with Gasteiger partial charge in [-0.25, -0.2) is 9.59 Å². The summed E-state index contributed by atoms with van der Waals surface area (Å²) in [5.41, 5.74) is 0.561. The molecule has 1 aromatic rings. The Morgan fingerprint density at radius 2 is 2.05 bits per heavy atom. The summed E-state index contributed by atoms with van der Waals surface area (Å²) in [6.07, 6.45) is 0.932.